The molecule has 0 saturated heterocycles. The molecule has 0 radical (unpaired) electrons. The molecule has 100 valence electrons. The predicted octanol–water partition coefficient (Wildman–Crippen LogP) is 5.22. The zero-order chi connectivity index (χ0) is 14.2. The quantitative estimate of drug-likeness (QED) is 0.670. The molecule has 1 nitrogen and oxygen atoms in total. The van der Waals surface area contributed by atoms with Crippen LogP contribution >= 0.6 is 43.5 Å². The summed E-state index contributed by atoms with van der Waals surface area (Å²) in [4.78, 5) is 0. The largest absolute Gasteiger partial charge is 0.384 e. The molecule has 0 spiro atoms. The molecule has 1 atom stereocenters. The van der Waals surface area contributed by atoms with Crippen molar-refractivity contribution in [1.29, 1.82) is 0 Å². The average Bonchev–Trinajstić information content (AvgIpc) is 2.39. The van der Waals surface area contributed by atoms with Gasteiger partial charge in [-0.05, 0) is 55.6 Å². The number of hydrogen-bond acceptors (Lipinski definition) is 1. The number of halogens is 5. The minimum atomic E-state index is -1.28. The first-order valence-electron chi connectivity index (χ1n) is 5.18. The summed E-state index contributed by atoms with van der Waals surface area (Å²) in [6, 6.07) is 7.03. The minimum Gasteiger partial charge on any atom is -0.384 e. The monoisotopic (exact) mass is 410 g/mol. The molecule has 0 aromatic heterocycles. The molecule has 0 fully saturated rings. The predicted molar refractivity (Wildman–Crippen MR) is 77.3 cm³/mol. The van der Waals surface area contributed by atoms with Crippen LogP contribution in [0.5, 0.6) is 0 Å². The highest BCUT2D eigenvalue weighted by Gasteiger charge is 2.19. The van der Waals surface area contributed by atoms with Gasteiger partial charge in [0.25, 0.3) is 0 Å². The molecule has 2 aromatic rings. The first-order valence-corrected chi connectivity index (χ1v) is 7.14. The summed E-state index contributed by atoms with van der Waals surface area (Å²) in [5.74, 6) is -1.26. The summed E-state index contributed by atoms with van der Waals surface area (Å²) in [5, 5.41) is 9.99. The van der Waals surface area contributed by atoms with E-state index in [9.17, 15) is 13.9 Å². The Morgan fingerprint density at radius 1 is 1.05 bits per heavy atom. The van der Waals surface area contributed by atoms with E-state index in [2.05, 4.69) is 31.9 Å². The third kappa shape index (κ3) is 2.99. The SMILES string of the molecule is OC(c1ccc(Br)c(F)c1)c1ccc(Br)c(Cl)c1F. The first-order chi connectivity index (χ1) is 8.91. The highest BCUT2D eigenvalue weighted by atomic mass is 79.9. The Kier molecular flexibility index (Phi) is 4.61. The fourth-order valence-corrected chi connectivity index (χ4v) is 2.34. The minimum absolute atomic E-state index is 0.00470. The maximum atomic E-state index is 14.0. The van der Waals surface area contributed by atoms with Crippen molar-refractivity contribution >= 4 is 43.5 Å². The van der Waals surface area contributed by atoms with E-state index in [0.717, 1.165) is 6.07 Å². The van der Waals surface area contributed by atoms with Crippen LogP contribution in [0, 0.1) is 11.6 Å². The van der Waals surface area contributed by atoms with Crippen molar-refractivity contribution in [1.82, 2.24) is 0 Å². The van der Waals surface area contributed by atoms with Crippen molar-refractivity contribution in [3.8, 4) is 0 Å². The first kappa shape index (κ1) is 14.9. The van der Waals surface area contributed by atoms with Gasteiger partial charge < -0.3 is 5.11 Å². The van der Waals surface area contributed by atoms with Gasteiger partial charge in [-0.2, -0.15) is 0 Å². The van der Waals surface area contributed by atoms with E-state index in [1.165, 1.54) is 24.3 Å². The smallest absolute Gasteiger partial charge is 0.149 e. The van der Waals surface area contributed by atoms with E-state index in [0.29, 0.717) is 4.47 Å². The van der Waals surface area contributed by atoms with Gasteiger partial charge in [-0.15, -0.1) is 0 Å². The molecule has 0 saturated carbocycles. The van der Waals surface area contributed by atoms with E-state index >= 15 is 0 Å². The number of benzene rings is 2. The van der Waals surface area contributed by atoms with Gasteiger partial charge in [0.05, 0.1) is 9.50 Å². The van der Waals surface area contributed by atoms with Crippen LogP contribution in [0.1, 0.15) is 17.2 Å². The molecular formula is C13H7Br2ClF2O. The van der Waals surface area contributed by atoms with Crippen LogP contribution in [-0.4, -0.2) is 5.11 Å². The van der Waals surface area contributed by atoms with Crippen molar-refractivity contribution < 1.29 is 13.9 Å². The molecule has 0 aliphatic carbocycles. The van der Waals surface area contributed by atoms with Crippen molar-refractivity contribution in [2.45, 2.75) is 6.10 Å². The Labute approximate surface area is 130 Å². The summed E-state index contributed by atoms with van der Waals surface area (Å²) in [6.45, 7) is 0. The van der Waals surface area contributed by atoms with Gasteiger partial charge in [0.1, 0.15) is 17.7 Å². The molecule has 0 aliphatic rings. The third-order valence-electron chi connectivity index (χ3n) is 2.62. The fraction of sp³-hybridized carbons (Fsp3) is 0.0769. The van der Waals surface area contributed by atoms with E-state index in [-0.39, 0.29) is 20.6 Å². The van der Waals surface area contributed by atoms with Gasteiger partial charge in [0.15, 0.2) is 0 Å². The molecule has 1 unspecified atom stereocenters. The normalized spacial score (nSPS) is 12.5. The Morgan fingerprint density at radius 3 is 2.32 bits per heavy atom. The number of rotatable bonds is 2. The summed E-state index contributed by atoms with van der Waals surface area (Å²) in [5.41, 5.74) is 0.243. The highest BCUT2D eigenvalue weighted by molar-refractivity contribution is 9.10. The Morgan fingerprint density at radius 2 is 1.68 bits per heavy atom. The van der Waals surface area contributed by atoms with Crippen LogP contribution in [0.3, 0.4) is 0 Å². The van der Waals surface area contributed by atoms with E-state index in [4.69, 9.17) is 11.6 Å². The van der Waals surface area contributed by atoms with Gasteiger partial charge in [-0.25, -0.2) is 8.78 Å². The summed E-state index contributed by atoms with van der Waals surface area (Å²) in [6.07, 6.45) is -1.28. The van der Waals surface area contributed by atoms with Gasteiger partial charge >= 0.3 is 0 Å². The lowest BCUT2D eigenvalue weighted by molar-refractivity contribution is 0.214. The second kappa shape index (κ2) is 5.87. The van der Waals surface area contributed by atoms with Crippen LogP contribution in [0.2, 0.25) is 5.02 Å². The molecule has 6 heteroatoms. The molecule has 19 heavy (non-hydrogen) atoms. The summed E-state index contributed by atoms with van der Waals surface area (Å²) < 4.78 is 28.0. The zero-order valence-electron chi connectivity index (χ0n) is 9.30. The van der Waals surface area contributed by atoms with Crippen LogP contribution in [0.4, 0.5) is 8.78 Å². The molecule has 0 bridgehead atoms. The van der Waals surface area contributed by atoms with Crippen molar-refractivity contribution in [3.63, 3.8) is 0 Å². The lowest BCUT2D eigenvalue weighted by Crippen LogP contribution is -2.04. The molecule has 0 aliphatic heterocycles. The third-order valence-corrected chi connectivity index (χ3v) is 4.52. The van der Waals surface area contributed by atoms with Crippen molar-refractivity contribution in [2.24, 2.45) is 0 Å². The van der Waals surface area contributed by atoms with Crippen LogP contribution in [0.25, 0.3) is 0 Å². The van der Waals surface area contributed by atoms with Gasteiger partial charge in [-0.3, -0.25) is 0 Å². The van der Waals surface area contributed by atoms with E-state index < -0.39 is 17.7 Å². The molecule has 1 N–H and O–H groups in total. The second-order valence-electron chi connectivity index (χ2n) is 3.84. The van der Waals surface area contributed by atoms with Gasteiger partial charge in [0, 0.05) is 10.0 Å². The topological polar surface area (TPSA) is 20.2 Å². The lowest BCUT2D eigenvalue weighted by atomic mass is 10.0. The van der Waals surface area contributed by atoms with Crippen LogP contribution in [0.15, 0.2) is 39.3 Å². The Hall–Kier alpha value is -0.490. The van der Waals surface area contributed by atoms with E-state index in [1.807, 2.05) is 0 Å². The number of hydrogen-bond donors (Lipinski definition) is 1. The summed E-state index contributed by atoms with van der Waals surface area (Å²) >= 11 is 11.9. The van der Waals surface area contributed by atoms with E-state index in [1.54, 1.807) is 0 Å². The van der Waals surface area contributed by atoms with Gasteiger partial charge in [0.2, 0.25) is 0 Å². The van der Waals surface area contributed by atoms with Crippen molar-refractivity contribution in [2.75, 3.05) is 0 Å². The second-order valence-corrected chi connectivity index (χ2v) is 5.93. The average molecular weight is 412 g/mol. The molecule has 0 amide bonds. The standard InChI is InChI=1S/C13H7Br2ClF2O/c14-8-3-1-6(5-10(8)17)13(19)7-2-4-9(15)11(16)12(7)18/h1-5,13,19H. The fourth-order valence-electron chi connectivity index (χ4n) is 1.61. The van der Waals surface area contributed by atoms with Gasteiger partial charge in [-0.1, -0.05) is 23.7 Å². The maximum absolute atomic E-state index is 14.0. The molecule has 0 heterocycles. The van der Waals surface area contributed by atoms with Crippen molar-refractivity contribution in [3.05, 3.63) is 67.1 Å². The molecular weight excluding hydrogens is 405 g/mol. The summed E-state index contributed by atoms with van der Waals surface area (Å²) in [7, 11) is 0. The molecule has 2 aromatic carbocycles. The van der Waals surface area contributed by atoms with Crippen LogP contribution < -0.4 is 0 Å². The molecule has 2 rings (SSSR count). The lowest BCUT2D eigenvalue weighted by Gasteiger charge is -2.14. The highest BCUT2D eigenvalue weighted by Crippen LogP contribution is 2.33. The number of aliphatic hydroxyl groups is 1. The van der Waals surface area contributed by atoms with Crippen LogP contribution in [-0.2, 0) is 0 Å². The zero-order valence-corrected chi connectivity index (χ0v) is 13.2. The Balaban J connectivity index is 2.47. The maximum Gasteiger partial charge on any atom is 0.149 e. The number of aliphatic hydroxyl groups excluding tert-OH is 1. The Bertz CT molecular complexity index is 634.